The van der Waals surface area contributed by atoms with Gasteiger partial charge in [0.25, 0.3) is 0 Å². The molecule has 4 heteroatoms. The van der Waals surface area contributed by atoms with Crippen LogP contribution in [0.1, 0.15) is 0 Å². The third-order valence-corrected chi connectivity index (χ3v) is 15.2. The van der Waals surface area contributed by atoms with Crippen LogP contribution in [0.5, 0.6) is 0 Å². The van der Waals surface area contributed by atoms with Crippen LogP contribution in [0.2, 0.25) is 0 Å². The Kier molecular flexibility index (Phi) is 10.2. The van der Waals surface area contributed by atoms with Crippen LogP contribution in [0.15, 0.2) is 249 Å². The van der Waals surface area contributed by atoms with E-state index in [0.717, 1.165) is 77.4 Å². The second-order valence-electron chi connectivity index (χ2n) is 16.2. The summed E-state index contributed by atoms with van der Waals surface area (Å²) in [4.78, 5) is 10.7. The van der Waals surface area contributed by atoms with Crippen molar-refractivity contribution >= 4 is 44.6 Å². The minimum atomic E-state index is -3.17. The fraction of sp³-hybridized carbons (Fsp3) is 0. The average Bonchev–Trinajstić information content (AvgIpc) is 3.38. The van der Waals surface area contributed by atoms with Crippen LogP contribution in [-0.2, 0) is 4.57 Å². The number of nitrogens with zero attached hydrogens (tertiary/aromatic N) is 2. The van der Waals surface area contributed by atoms with Crippen LogP contribution in [0.4, 0.5) is 0 Å². The first-order chi connectivity index (χ1) is 31.5. The van der Waals surface area contributed by atoms with Crippen molar-refractivity contribution in [3.05, 3.63) is 249 Å². The highest BCUT2D eigenvalue weighted by molar-refractivity contribution is 7.85. The van der Waals surface area contributed by atoms with Gasteiger partial charge in [-0.05, 0) is 91.3 Å². The van der Waals surface area contributed by atoms with Crippen LogP contribution in [0.3, 0.4) is 0 Å². The second kappa shape index (κ2) is 16.7. The van der Waals surface area contributed by atoms with E-state index in [1.807, 2.05) is 91.0 Å². The van der Waals surface area contributed by atoms with Gasteiger partial charge in [0, 0.05) is 32.6 Å². The van der Waals surface area contributed by atoms with Crippen LogP contribution < -0.4 is 15.9 Å². The van der Waals surface area contributed by atoms with Crippen LogP contribution in [0, 0.1) is 0 Å². The number of aromatic nitrogens is 2. The first kappa shape index (κ1) is 38.9. The largest absolute Gasteiger partial charge is 0.309 e. The van der Waals surface area contributed by atoms with Gasteiger partial charge in [0.2, 0.25) is 0 Å². The van der Waals surface area contributed by atoms with Gasteiger partial charge in [-0.15, -0.1) is 0 Å². The third kappa shape index (κ3) is 7.53. The lowest BCUT2D eigenvalue weighted by Crippen LogP contribution is -2.24. The van der Waals surface area contributed by atoms with Gasteiger partial charge >= 0.3 is 0 Å². The molecule has 10 aromatic carbocycles. The highest BCUT2D eigenvalue weighted by atomic mass is 31.2. The molecule has 11 rings (SSSR count). The van der Waals surface area contributed by atoms with E-state index in [4.69, 9.17) is 9.97 Å². The van der Waals surface area contributed by atoms with E-state index in [1.165, 1.54) is 21.5 Å². The van der Waals surface area contributed by atoms with Crippen molar-refractivity contribution in [2.75, 3.05) is 0 Å². The Balaban J connectivity index is 1.08. The molecule has 0 amide bonds. The number of hydrogen-bond acceptors (Lipinski definition) is 3. The van der Waals surface area contributed by atoms with Crippen LogP contribution in [-0.4, -0.2) is 9.97 Å². The zero-order valence-electron chi connectivity index (χ0n) is 34.9. The zero-order valence-corrected chi connectivity index (χ0v) is 35.8. The van der Waals surface area contributed by atoms with E-state index < -0.39 is 7.14 Å². The Hall–Kier alpha value is -7.97. The molecule has 302 valence electrons. The van der Waals surface area contributed by atoms with Gasteiger partial charge in [0.1, 0.15) is 0 Å². The molecule has 0 radical (unpaired) electrons. The predicted molar refractivity (Wildman–Crippen MR) is 269 cm³/mol. The lowest BCUT2D eigenvalue weighted by atomic mass is 9.93. The van der Waals surface area contributed by atoms with Crippen molar-refractivity contribution in [2.24, 2.45) is 0 Å². The van der Waals surface area contributed by atoms with Crippen molar-refractivity contribution in [2.45, 2.75) is 0 Å². The van der Waals surface area contributed by atoms with Crippen LogP contribution in [0.25, 0.3) is 88.8 Å². The molecule has 3 nitrogen and oxygen atoms in total. The number of rotatable bonds is 9. The molecule has 0 aliphatic rings. The van der Waals surface area contributed by atoms with Gasteiger partial charge in [-0.3, -0.25) is 0 Å². The molecule has 0 bridgehead atoms. The Labute approximate surface area is 373 Å². The summed E-state index contributed by atoms with van der Waals surface area (Å²) in [6.45, 7) is 0. The lowest BCUT2D eigenvalue weighted by Gasteiger charge is -2.20. The van der Waals surface area contributed by atoms with Gasteiger partial charge in [0.15, 0.2) is 13.0 Å². The van der Waals surface area contributed by atoms with E-state index in [2.05, 4.69) is 158 Å². The predicted octanol–water partition coefficient (Wildman–Crippen LogP) is 14.4. The normalized spacial score (nSPS) is 11.5. The number of benzene rings is 10. The molecule has 0 unspecified atom stereocenters. The molecule has 0 aliphatic carbocycles. The van der Waals surface area contributed by atoms with E-state index in [9.17, 15) is 0 Å². The maximum absolute atomic E-state index is 15.3. The first-order valence-electron chi connectivity index (χ1n) is 21.6. The van der Waals surface area contributed by atoms with Crippen LogP contribution >= 0.6 is 7.14 Å². The zero-order chi connectivity index (χ0) is 42.9. The Morgan fingerprint density at radius 2 is 0.609 bits per heavy atom. The smallest absolute Gasteiger partial charge is 0.171 e. The van der Waals surface area contributed by atoms with E-state index in [1.54, 1.807) is 0 Å². The van der Waals surface area contributed by atoms with Crippen molar-refractivity contribution in [1.29, 1.82) is 0 Å². The van der Waals surface area contributed by atoms with Crippen molar-refractivity contribution < 1.29 is 4.57 Å². The quantitative estimate of drug-likeness (QED) is 0.136. The number of fused-ring (bicyclic) bond motifs is 2. The maximum Gasteiger partial charge on any atom is 0.171 e. The molecule has 0 saturated carbocycles. The summed E-state index contributed by atoms with van der Waals surface area (Å²) in [5.74, 6) is 0.618. The van der Waals surface area contributed by atoms with Crippen molar-refractivity contribution in [3.8, 4) is 67.3 Å². The summed E-state index contributed by atoms with van der Waals surface area (Å²) >= 11 is 0. The summed E-state index contributed by atoms with van der Waals surface area (Å²) in [6, 6.07) is 85.8. The molecule has 1 heterocycles. The molecule has 0 fully saturated rings. The molecule has 0 N–H and O–H groups in total. The standard InChI is InChI=1S/C60H41N2OP/c63-64(55-20-6-2-7-21-55,56-22-8-3-9-23-56)57-34-32-47(33-35-57)59-41-58(46-28-24-45(25-29-46)42-14-4-1-5-15-42)61-60(62-59)54-39-52(50-30-26-43-16-10-12-18-48(43)36-50)38-53(40-54)51-31-27-44-17-11-13-19-49(44)37-51/h1-41H. The third-order valence-electron chi connectivity index (χ3n) is 12.1. The lowest BCUT2D eigenvalue weighted by molar-refractivity contribution is 0.592. The van der Waals surface area contributed by atoms with E-state index >= 15 is 4.57 Å². The van der Waals surface area contributed by atoms with Gasteiger partial charge in [0.05, 0.1) is 11.4 Å². The highest BCUT2D eigenvalue weighted by Gasteiger charge is 2.29. The van der Waals surface area contributed by atoms with Crippen molar-refractivity contribution in [3.63, 3.8) is 0 Å². The van der Waals surface area contributed by atoms with Gasteiger partial charge < -0.3 is 4.57 Å². The molecule has 1 aromatic heterocycles. The molecule has 0 atom stereocenters. The molecule has 11 aromatic rings. The van der Waals surface area contributed by atoms with Gasteiger partial charge in [-0.2, -0.15) is 0 Å². The summed E-state index contributed by atoms with van der Waals surface area (Å²) in [6.07, 6.45) is 0. The maximum atomic E-state index is 15.3. The average molecular weight is 837 g/mol. The fourth-order valence-electron chi connectivity index (χ4n) is 8.73. The molecular formula is C60H41N2OP. The molecular weight excluding hydrogens is 796 g/mol. The van der Waals surface area contributed by atoms with E-state index in [0.29, 0.717) is 5.82 Å². The molecule has 0 spiro atoms. The Morgan fingerprint density at radius 3 is 1.11 bits per heavy atom. The first-order valence-corrected chi connectivity index (χ1v) is 23.3. The summed E-state index contributed by atoms with van der Waals surface area (Å²) in [7, 11) is -3.17. The molecule has 0 aliphatic heterocycles. The number of hydrogen-bond donors (Lipinski definition) is 0. The van der Waals surface area contributed by atoms with Gasteiger partial charge in [-0.25, -0.2) is 9.97 Å². The second-order valence-corrected chi connectivity index (χ2v) is 18.9. The minimum Gasteiger partial charge on any atom is -0.309 e. The minimum absolute atomic E-state index is 0.618. The fourth-order valence-corrected chi connectivity index (χ4v) is 11.4. The Morgan fingerprint density at radius 1 is 0.250 bits per heavy atom. The van der Waals surface area contributed by atoms with E-state index in [-0.39, 0.29) is 0 Å². The summed E-state index contributed by atoms with van der Waals surface area (Å²) < 4.78 is 15.3. The Bertz CT molecular complexity index is 3360. The SMILES string of the molecule is O=P(c1ccccc1)(c1ccccc1)c1ccc(-c2cc(-c3ccc(-c4ccccc4)cc3)nc(-c3cc(-c4ccc5ccccc5c4)cc(-c4ccc5ccccc5c4)c3)n2)cc1. The monoisotopic (exact) mass is 836 g/mol. The molecule has 0 saturated heterocycles. The summed E-state index contributed by atoms with van der Waals surface area (Å²) in [5.41, 5.74) is 11.1. The van der Waals surface area contributed by atoms with Gasteiger partial charge in [-0.1, -0.05) is 212 Å². The summed E-state index contributed by atoms with van der Waals surface area (Å²) in [5, 5.41) is 7.13. The molecule has 64 heavy (non-hydrogen) atoms. The highest BCUT2D eigenvalue weighted by Crippen LogP contribution is 2.43. The topological polar surface area (TPSA) is 42.9 Å². The van der Waals surface area contributed by atoms with Crippen molar-refractivity contribution in [1.82, 2.24) is 9.97 Å².